The number of ether oxygens (including phenoxy) is 1. The van der Waals surface area contributed by atoms with Gasteiger partial charge in [0.2, 0.25) is 0 Å². The number of benzene rings is 1. The van der Waals surface area contributed by atoms with Gasteiger partial charge in [-0.3, -0.25) is 4.79 Å². The molecule has 0 atom stereocenters. The Kier molecular flexibility index (Phi) is 5.61. The van der Waals surface area contributed by atoms with Gasteiger partial charge in [0, 0.05) is 6.54 Å². The average Bonchev–Trinajstić information content (AvgIpc) is 2.97. The molecule has 5 heteroatoms. The van der Waals surface area contributed by atoms with E-state index in [1.54, 1.807) is 0 Å². The minimum Gasteiger partial charge on any atom is -0.491 e. The molecule has 0 unspecified atom stereocenters. The highest BCUT2D eigenvalue weighted by Gasteiger charge is 2.09. The molecule has 0 aliphatic heterocycles. The summed E-state index contributed by atoms with van der Waals surface area (Å²) in [5, 5.41) is 11.7. The van der Waals surface area contributed by atoms with Gasteiger partial charge in [-0.25, -0.2) is 0 Å². The van der Waals surface area contributed by atoms with Gasteiger partial charge >= 0.3 is 0 Å². The Labute approximate surface area is 129 Å². The van der Waals surface area contributed by atoms with E-state index in [0.29, 0.717) is 17.9 Å². The van der Waals surface area contributed by atoms with Crippen molar-refractivity contribution in [2.24, 2.45) is 0 Å². The maximum Gasteiger partial charge on any atom is 0.254 e. The number of furan rings is 1. The lowest BCUT2D eigenvalue weighted by molar-refractivity contribution is 0.0953. The minimum absolute atomic E-state index is 0.156. The number of aliphatic hydroxyl groups excluding tert-OH is 1. The van der Waals surface area contributed by atoms with E-state index in [1.807, 2.05) is 38.1 Å². The normalized spacial score (nSPS) is 10.7. The Bertz CT molecular complexity index is 601. The number of hydrogen-bond acceptors (Lipinski definition) is 4. The molecule has 1 aromatic carbocycles. The number of aliphatic hydroxyl groups is 1. The Morgan fingerprint density at radius 2 is 2.05 bits per heavy atom. The van der Waals surface area contributed by atoms with Crippen LogP contribution in [0, 0.1) is 0 Å². The topological polar surface area (TPSA) is 71.7 Å². The van der Waals surface area contributed by atoms with Crippen LogP contribution in [0.4, 0.5) is 0 Å². The van der Waals surface area contributed by atoms with Crippen molar-refractivity contribution in [1.29, 1.82) is 0 Å². The molecule has 0 saturated carbocycles. The average molecular weight is 303 g/mol. The Hall–Kier alpha value is -2.27. The number of nitrogens with one attached hydrogen (secondary N) is 1. The minimum atomic E-state index is -0.210. The van der Waals surface area contributed by atoms with E-state index in [1.165, 1.54) is 12.3 Å². The quantitative estimate of drug-likeness (QED) is 0.824. The first-order chi connectivity index (χ1) is 10.6. The van der Waals surface area contributed by atoms with Crippen molar-refractivity contribution in [3.05, 3.63) is 53.5 Å². The predicted molar refractivity (Wildman–Crippen MR) is 82.9 cm³/mol. The van der Waals surface area contributed by atoms with E-state index in [2.05, 4.69) is 5.32 Å². The fraction of sp³-hybridized carbons (Fsp3) is 0.353. The van der Waals surface area contributed by atoms with Gasteiger partial charge in [-0.1, -0.05) is 12.1 Å². The van der Waals surface area contributed by atoms with E-state index in [9.17, 15) is 4.79 Å². The van der Waals surface area contributed by atoms with Crippen molar-refractivity contribution in [3.8, 4) is 5.75 Å². The fourth-order valence-corrected chi connectivity index (χ4v) is 2.01. The first kappa shape index (κ1) is 16.1. The predicted octanol–water partition coefficient (Wildman–Crippen LogP) is 2.53. The smallest absolute Gasteiger partial charge is 0.254 e. The molecule has 5 nitrogen and oxygen atoms in total. The maximum atomic E-state index is 11.9. The van der Waals surface area contributed by atoms with Crippen LogP contribution < -0.4 is 10.1 Å². The number of amides is 1. The monoisotopic (exact) mass is 303 g/mol. The van der Waals surface area contributed by atoms with Crippen LogP contribution in [-0.2, 0) is 13.0 Å². The van der Waals surface area contributed by atoms with Crippen molar-refractivity contribution in [2.45, 2.75) is 33.0 Å². The van der Waals surface area contributed by atoms with Crippen LogP contribution in [0.1, 0.15) is 35.5 Å². The third-order valence-corrected chi connectivity index (χ3v) is 3.07. The molecule has 118 valence electrons. The summed E-state index contributed by atoms with van der Waals surface area (Å²) in [5.41, 5.74) is 1.55. The van der Waals surface area contributed by atoms with Crippen molar-refractivity contribution >= 4 is 5.91 Å². The van der Waals surface area contributed by atoms with Crippen molar-refractivity contribution < 1.29 is 19.1 Å². The molecule has 2 rings (SSSR count). The highest BCUT2D eigenvalue weighted by atomic mass is 16.5. The number of hydrogen-bond donors (Lipinski definition) is 2. The molecular formula is C17H21NO4. The summed E-state index contributed by atoms with van der Waals surface area (Å²) in [6, 6.07) is 9.38. The molecule has 0 aliphatic rings. The third-order valence-electron chi connectivity index (χ3n) is 3.07. The number of rotatable bonds is 7. The summed E-state index contributed by atoms with van der Waals surface area (Å²) in [5.74, 6) is 1.02. The van der Waals surface area contributed by atoms with Gasteiger partial charge in [-0.2, -0.15) is 0 Å². The number of carbonyl (C=O) groups excluding carboxylic acids is 1. The highest BCUT2D eigenvalue weighted by molar-refractivity contribution is 5.93. The molecule has 2 N–H and O–H groups in total. The van der Waals surface area contributed by atoms with E-state index < -0.39 is 0 Å². The van der Waals surface area contributed by atoms with Gasteiger partial charge < -0.3 is 19.6 Å². The molecule has 22 heavy (non-hydrogen) atoms. The fourth-order valence-electron chi connectivity index (χ4n) is 2.01. The van der Waals surface area contributed by atoms with Crippen LogP contribution in [0.2, 0.25) is 0 Å². The summed E-state index contributed by atoms with van der Waals surface area (Å²) in [4.78, 5) is 11.9. The SMILES string of the molecule is CC(C)Oc1ccc(CCNC(=O)c2coc(CO)c2)cc1. The molecule has 1 aromatic heterocycles. The molecule has 0 spiro atoms. The largest absolute Gasteiger partial charge is 0.491 e. The summed E-state index contributed by atoms with van der Waals surface area (Å²) < 4.78 is 10.6. The molecule has 1 heterocycles. The zero-order valence-corrected chi connectivity index (χ0v) is 12.8. The van der Waals surface area contributed by atoms with Gasteiger partial charge in [0.05, 0.1) is 11.7 Å². The van der Waals surface area contributed by atoms with Gasteiger partial charge in [-0.05, 0) is 44.0 Å². The molecule has 0 saturated heterocycles. The first-order valence-electron chi connectivity index (χ1n) is 7.30. The standard InChI is InChI=1S/C17H21NO4/c1-12(2)22-15-5-3-13(4-6-15)7-8-18-17(20)14-9-16(10-19)21-11-14/h3-6,9,11-12,19H,7-8,10H2,1-2H3,(H,18,20). The van der Waals surface area contributed by atoms with Crippen LogP contribution >= 0.6 is 0 Å². The van der Waals surface area contributed by atoms with Crippen LogP contribution in [0.25, 0.3) is 0 Å². The molecule has 0 aliphatic carbocycles. The lowest BCUT2D eigenvalue weighted by atomic mass is 10.1. The summed E-state index contributed by atoms with van der Waals surface area (Å²) in [6.07, 6.45) is 2.24. The molecule has 2 aromatic rings. The van der Waals surface area contributed by atoms with Crippen molar-refractivity contribution in [2.75, 3.05) is 6.54 Å². The van der Waals surface area contributed by atoms with E-state index in [0.717, 1.165) is 17.7 Å². The second kappa shape index (κ2) is 7.66. The van der Waals surface area contributed by atoms with Gasteiger partial charge in [0.25, 0.3) is 5.91 Å². The maximum absolute atomic E-state index is 11.9. The molecular weight excluding hydrogens is 282 g/mol. The van der Waals surface area contributed by atoms with E-state index in [4.69, 9.17) is 14.3 Å². The van der Waals surface area contributed by atoms with Gasteiger partial charge in [0.15, 0.2) is 0 Å². The Morgan fingerprint density at radius 3 is 2.64 bits per heavy atom. The van der Waals surface area contributed by atoms with Gasteiger partial charge in [0.1, 0.15) is 24.4 Å². The van der Waals surface area contributed by atoms with Gasteiger partial charge in [-0.15, -0.1) is 0 Å². The second-order valence-corrected chi connectivity index (χ2v) is 5.28. The summed E-state index contributed by atoms with van der Waals surface area (Å²) in [6.45, 7) is 4.30. The zero-order chi connectivity index (χ0) is 15.9. The van der Waals surface area contributed by atoms with Crippen LogP contribution in [-0.4, -0.2) is 23.7 Å². The lowest BCUT2D eigenvalue weighted by Gasteiger charge is -2.10. The highest BCUT2D eigenvalue weighted by Crippen LogP contribution is 2.14. The van der Waals surface area contributed by atoms with Crippen molar-refractivity contribution in [1.82, 2.24) is 5.32 Å². The Morgan fingerprint density at radius 1 is 1.32 bits per heavy atom. The van der Waals surface area contributed by atoms with Crippen molar-refractivity contribution in [3.63, 3.8) is 0 Å². The third kappa shape index (κ3) is 4.63. The van der Waals surface area contributed by atoms with Crippen LogP contribution in [0.15, 0.2) is 41.0 Å². The van der Waals surface area contributed by atoms with E-state index >= 15 is 0 Å². The number of carbonyl (C=O) groups is 1. The van der Waals surface area contributed by atoms with Crippen LogP contribution in [0.3, 0.4) is 0 Å². The van der Waals surface area contributed by atoms with E-state index in [-0.39, 0.29) is 18.6 Å². The molecule has 0 radical (unpaired) electrons. The van der Waals surface area contributed by atoms with Crippen LogP contribution in [0.5, 0.6) is 5.75 Å². The lowest BCUT2D eigenvalue weighted by Crippen LogP contribution is -2.25. The second-order valence-electron chi connectivity index (χ2n) is 5.28. The molecule has 1 amide bonds. The molecule has 0 bridgehead atoms. The molecule has 0 fully saturated rings. The zero-order valence-electron chi connectivity index (χ0n) is 12.8. The Balaban J connectivity index is 1.79. The first-order valence-corrected chi connectivity index (χ1v) is 7.30. The summed E-state index contributed by atoms with van der Waals surface area (Å²) >= 11 is 0. The summed E-state index contributed by atoms with van der Waals surface area (Å²) in [7, 11) is 0.